The molecule has 1 aromatic carbocycles. The quantitative estimate of drug-likeness (QED) is 0.933. The van der Waals surface area contributed by atoms with E-state index in [4.69, 9.17) is 0 Å². The predicted octanol–water partition coefficient (Wildman–Crippen LogP) is 3.55. The van der Waals surface area contributed by atoms with Crippen molar-refractivity contribution < 1.29 is 4.39 Å². The Hall–Kier alpha value is -0.780. The molecule has 1 atom stereocenters. The van der Waals surface area contributed by atoms with Crippen LogP contribution in [0.5, 0.6) is 0 Å². The summed E-state index contributed by atoms with van der Waals surface area (Å²) in [6.45, 7) is 0. The van der Waals surface area contributed by atoms with Crippen molar-refractivity contribution in [2.75, 3.05) is 7.05 Å². The highest BCUT2D eigenvalue weighted by atomic mass is 79.9. The van der Waals surface area contributed by atoms with Crippen LogP contribution in [0.1, 0.15) is 17.3 Å². The maximum Gasteiger partial charge on any atom is 0.126 e. The average Bonchev–Trinajstić information content (AvgIpc) is 2.84. The Labute approximate surface area is 112 Å². The summed E-state index contributed by atoms with van der Waals surface area (Å²) in [5.41, 5.74) is 3.43. The molecule has 1 aromatic heterocycles. The number of hydrogen-bond acceptors (Lipinski definition) is 3. The molecular formula is C12H12BrFN2S. The number of likely N-dealkylation sites (N-methyl/N-ethyl adjacent to an activating group) is 1. The van der Waals surface area contributed by atoms with Gasteiger partial charge in [-0.05, 0) is 37.2 Å². The highest BCUT2D eigenvalue weighted by Gasteiger charge is 2.14. The van der Waals surface area contributed by atoms with Gasteiger partial charge in [-0.3, -0.25) is 0 Å². The summed E-state index contributed by atoms with van der Waals surface area (Å²) in [4.78, 5) is 4.26. The zero-order valence-electron chi connectivity index (χ0n) is 9.28. The fourth-order valence-corrected chi connectivity index (χ4v) is 2.68. The second-order valence-electron chi connectivity index (χ2n) is 3.69. The van der Waals surface area contributed by atoms with E-state index in [0.29, 0.717) is 12.0 Å². The van der Waals surface area contributed by atoms with E-state index in [1.807, 2.05) is 18.5 Å². The molecule has 0 aliphatic heterocycles. The van der Waals surface area contributed by atoms with Gasteiger partial charge in [-0.15, -0.1) is 11.3 Å². The van der Waals surface area contributed by atoms with Gasteiger partial charge in [0.1, 0.15) is 5.82 Å². The monoisotopic (exact) mass is 314 g/mol. The Morgan fingerprint density at radius 3 is 3.00 bits per heavy atom. The number of thiazole rings is 1. The second-order valence-corrected chi connectivity index (χ2v) is 5.33. The Balaban J connectivity index is 2.21. The van der Waals surface area contributed by atoms with E-state index >= 15 is 0 Å². The fraction of sp³-hybridized carbons (Fsp3) is 0.250. The van der Waals surface area contributed by atoms with Crippen LogP contribution in [0.4, 0.5) is 4.39 Å². The van der Waals surface area contributed by atoms with Gasteiger partial charge in [-0.25, -0.2) is 9.37 Å². The van der Waals surface area contributed by atoms with E-state index in [1.54, 1.807) is 22.9 Å². The lowest BCUT2D eigenvalue weighted by atomic mass is 10.0. The van der Waals surface area contributed by atoms with Crippen LogP contribution in [0.25, 0.3) is 0 Å². The molecule has 1 N–H and O–H groups in total. The number of aromatic nitrogens is 1. The minimum atomic E-state index is -0.177. The van der Waals surface area contributed by atoms with Gasteiger partial charge in [0.05, 0.1) is 17.2 Å². The average molecular weight is 315 g/mol. The van der Waals surface area contributed by atoms with Gasteiger partial charge < -0.3 is 5.32 Å². The molecule has 2 nitrogen and oxygen atoms in total. The molecule has 1 heterocycles. The highest BCUT2D eigenvalue weighted by molar-refractivity contribution is 9.10. The summed E-state index contributed by atoms with van der Waals surface area (Å²) < 4.78 is 14.5. The minimum Gasteiger partial charge on any atom is -0.311 e. The molecule has 0 fully saturated rings. The lowest BCUT2D eigenvalue weighted by molar-refractivity contribution is 0.546. The molecule has 1 unspecified atom stereocenters. The number of hydrogen-bond donors (Lipinski definition) is 1. The first-order valence-corrected chi connectivity index (χ1v) is 6.93. The molecular weight excluding hydrogens is 303 g/mol. The lowest BCUT2D eigenvalue weighted by Crippen LogP contribution is -2.19. The molecule has 0 spiro atoms. The van der Waals surface area contributed by atoms with Crippen LogP contribution in [0.15, 0.2) is 33.6 Å². The summed E-state index contributed by atoms with van der Waals surface area (Å²) in [7, 11) is 1.86. The Morgan fingerprint density at radius 2 is 2.35 bits per heavy atom. The van der Waals surface area contributed by atoms with E-state index in [2.05, 4.69) is 26.2 Å². The molecule has 0 aliphatic carbocycles. The number of nitrogens with zero attached hydrogens (tertiary/aromatic N) is 1. The van der Waals surface area contributed by atoms with E-state index < -0.39 is 0 Å². The summed E-state index contributed by atoms with van der Waals surface area (Å²) in [6, 6.07) is 5.04. The third kappa shape index (κ3) is 3.12. The highest BCUT2D eigenvalue weighted by Crippen LogP contribution is 2.22. The van der Waals surface area contributed by atoms with Crippen LogP contribution in [0.2, 0.25) is 0 Å². The molecule has 2 aromatic rings. The van der Waals surface area contributed by atoms with Crippen LogP contribution < -0.4 is 5.32 Å². The molecule has 2 rings (SSSR count). The third-order valence-electron chi connectivity index (χ3n) is 2.59. The van der Waals surface area contributed by atoms with Gasteiger partial charge in [0.25, 0.3) is 0 Å². The number of halogens is 2. The van der Waals surface area contributed by atoms with Gasteiger partial charge in [0.2, 0.25) is 0 Å². The van der Waals surface area contributed by atoms with E-state index in [9.17, 15) is 4.39 Å². The van der Waals surface area contributed by atoms with E-state index in [-0.39, 0.29) is 11.9 Å². The summed E-state index contributed by atoms with van der Waals surface area (Å²) >= 11 is 4.90. The fourth-order valence-electron chi connectivity index (χ4n) is 1.67. The zero-order chi connectivity index (χ0) is 12.3. The summed E-state index contributed by atoms with van der Waals surface area (Å²) in [5.74, 6) is -0.177. The number of rotatable bonds is 4. The molecule has 0 amide bonds. The molecule has 0 radical (unpaired) electrons. The molecule has 90 valence electrons. The molecule has 5 heteroatoms. The molecule has 0 saturated carbocycles. The minimum absolute atomic E-state index is 0.0463. The Kier molecular flexibility index (Phi) is 4.25. The van der Waals surface area contributed by atoms with Crippen molar-refractivity contribution in [2.45, 2.75) is 12.5 Å². The molecule has 0 saturated heterocycles. The van der Waals surface area contributed by atoms with Crippen molar-refractivity contribution >= 4 is 27.3 Å². The smallest absolute Gasteiger partial charge is 0.126 e. The molecule has 17 heavy (non-hydrogen) atoms. The van der Waals surface area contributed by atoms with Crippen molar-refractivity contribution in [2.24, 2.45) is 0 Å². The molecule has 0 bridgehead atoms. The maximum atomic E-state index is 13.6. The molecule has 0 aliphatic rings. The van der Waals surface area contributed by atoms with Gasteiger partial charge in [0.15, 0.2) is 0 Å². The standard InChI is InChI=1S/C12H12BrFN2S/c1-15-11(12-6-17-7-16-12)5-8-4-9(13)2-3-10(8)14/h2-4,6-7,11,15H,5H2,1H3. The first-order valence-electron chi connectivity index (χ1n) is 5.20. The van der Waals surface area contributed by atoms with Gasteiger partial charge in [-0.1, -0.05) is 15.9 Å². The topological polar surface area (TPSA) is 24.9 Å². The van der Waals surface area contributed by atoms with Crippen LogP contribution in [-0.4, -0.2) is 12.0 Å². The summed E-state index contributed by atoms with van der Waals surface area (Å²) in [6.07, 6.45) is 0.589. The zero-order valence-corrected chi connectivity index (χ0v) is 11.7. The Morgan fingerprint density at radius 1 is 1.53 bits per heavy atom. The van der Waals surface area contributed by atoms with Crippen molar-refractivity contribution in [3.63, 3.8) is 0 Å². The maximum absolute atomic E-state index is 13.6. The van der Waals surface area contributed by atoms with Gasteiger partial charge in [-0.2, -0.15) is 0 Å². The first kappa shape index (κ1) is 12.7. The van der Waals surface area contributed by atoms with Crippen molar-refractivity contribution in [1.82, 2.24) is 10.3 Å². The van der Waals surface area contributed by atoms with Gasteiger partial charge >= 0.3 is 0 Å². The van der Waals surface area contributed by atoms with Crippen LogP contribution in [0.3, 0.4) is 0 Å². The first-order chi connectivity index (χ1) is 8.20. The number of nitrogens with one attached hydrogen (secondary N) is 1. The third-order valence-corrected chi connectivity index (χ3v) is 3.69. The van der Waals surface area contributed by atoms with E-state index in [0.717, 1.165) is 10.2 Å². The van der Waals surface area contributed by atoms with Gasteiger partial charge in [0, 0.05) is 9.85 Å². The summed E-state index contributed by atoms with van der Waals surface area (Å²) in [5, 5.41) is 5.15. The van der Waals surface area contributed by atoms with Crippen molar-refractivity contribution in [1.29, 1.82) is 0 Å². The van der Waals surface area contributed by atoms with Crippen molar-refractivity contribution in [3.05, 3.63) is 50.6 Å². The largest absolute Gasteiger partial charge is 0.311 e. The van der Waals surface area contributed by atoms with Crippen LogP contribution >= 0.6 is 27.3 Å². The van der Waals surface area contributed by atoms with Crippen LogP contribution in [0, 0.1) is 5.82 Å². The number of benzene rings is 1. The Bertz CT molecular complexity index is 487. The van der Waals surface area contributed by atoms with E-state index in [1.165, 1.54) is 6.07 Å². The SMILES string of the molecule is CNC(Cc1cc(Br)ccc1F)c1cscn1. The predicted molar refractivity (Wildman–Crippen MR) is 71.7 cm³/mol. The van der Waals surface area contributed by atoms with Crippen molar-refractivity contribution in [3.8, 4) is 0 Å². The normalized spacial score (nSPS) is 12.6. The van der Waals surface area contributed by atoms with Crippen LogP contribution in [-0.2, 0) is 6.42 Å². The lowest BCUT2D eigenvalue weighted by Gasteiger charge is -2.14. The second kappa shape index (κ2) is 5.71.